The number of hydrogen-bond donors (Lipinski definition) is 1. The van der Waals surface area contributed by atoms with Crippen LogP contribution in [0, 0.1) is 0 Å². The second kappa shape index (κ2) is 7.14. The monoisotopic (exact) mass is 320 g/mol. The zero-order valence-electron chi connectivity index (χ0n) is 10.7. The molecule has 0 saturated heterocycles. The molecule has 3 nitrogen and oxygen atoms in total. The molecule has 0 unspecified atom stereocenters. The van der Waals surface area contributed by atoms with Crippen molar-refractivity contribution in [2.75, 3.05) is 6.54 Å². The minimum Gasteiger partial charge on any atom is -0.356 e. The zero-order chi connectivity index (χ0) is 13.5. The normalized spacial score (nSPS) is 10.4. The average Bonchev–Trinajstić information content (AvgIpc) is 2.91. The lowest BCUT2D eigenvalue weighted by Gasteiger charge is -2.06. The van der Waals surface area contributed by atoms with E-state index in [2.05, 4.69) is 25.8 Å². The number of halogens is 1. The van der Waals surface area contributed by atoms with Crippen LogP contribution in [0.4, 0.5) is 0 Å². The van der Waals surface area contributed by atoms with Gasteiger partial charge in [0.25, 0.3) is 0 Å². The van der Waals surface area contributed by atoms with Gasteiger partial charge in [-0.2, -0.15) is 0 Å². The smallest absolute Gasteiger partial charge is 0.224 e. The van der Waals surface area contributed by atoms with Gasteiger partial charge >= 0.3 is 0 Å². The van der Waals surface area contributed by atoms with Crippen LogP contribution in [-0.2, 0) is 17.8 Å². The van der Waals surface area contributed by atoms with Gasteiger partial charge in [0.1, 0.15) is 0 Å². The number of amides is 1. The standard InChI is InChI=1S/C15H17BrN2O/c16-14-6-4-13(5-7-14)12-15(19)17-8-3-11-18-9-1-2-10-18/h1-2,4-7,9-10H,3,8,11-12H2,(H,17,19). The molecule has 1 aromatic heterocycles. The van der Waals surface area contributed by atoms with Crippen molar-refractivity contribution in [1.29, 1.82) is 0 Å². The Morgan fingerprint density at radius 1 is 1.16 bits per heavy atom. The molecule has 0 atom stereocenters. The van der Waals surface area contributed by atoms with Crippen molar-refractivity contribution >= 4 is 21.8 Å². The van der Waals surface area contributed by atoms with E-state index in [1.807, 2.05) is 48.8 Å². The van der Waals surface area contributed by atoms with E-state index in [9.17, 15) is 4.79 Å². The van der Waals surface area contributed by atoms with E-state index >= 15 is 0 Å². The Morgan fingerprint density at radius 3 is 2.53 bits per heavy atom. The molecule has 0 bridgehead atoms. The number of carbonyl (C=O) groups excluding carboxylic acids is 1. The summed E-state index contributed by atoms with van der Waals surface area (Å²) in [6.45, 7) is 1.65. The Morgan fingerprint density at radius 2 is 1.84 bits per heavy atom. The van der Waals surface area contributed by atoms with E-state index in [1.165, 1.54) is 0 Å². The molecule has 0 radical (unpaired) electrons. The van der Waals surface area contributed by atoms with Crippen LogP contribution < -0.4 is 5.32 Å². The molecule has 0 aliphatic carbocycles. The number of aromatic nitrogens is 1. The number of nitrogens with one attached hydrogen (secondary N) is 1. The van der Waals surface area contributed by atoms with Crippen LogP contribution in [0.1, 0.15) is 12.0 Å². The van der Waals surface area contributed by atoms with Gasteiger partial charge in [-0.25, -0.2) is 0 Å². The molecule has 2 rings (SSSR count). The highest BCUT2D eigenvalue weighted by atomic mass is 79.9. The predicted octanol–water partition coefficient (Wildman–Crippen LogP) is 3.00. The summed E-state index contributed by atoms with van der Waals surface area (Å²) in [4.78, 5) is 11.7. The predicted molar refractivity (Wildman–Crippen MR) is 79.9 cm³/mol. The van der Waals surface area contributed by atoms with Gasteiger partial charge in [0, 0.05) is 30.0 Å². The Labute approximate surface area is 121 Å². The van der Waals surface area contributed by atoms with Crippen LogP contribution in [0.25, 0.3) is 0 Å². The molecule has 1 amide bonds. The van der Waals surface area contributed by atoms with Crippen LogP contribution in [0.15, 0.2) is 53.3 Å². The van der Waals surface area contributed by atoms with Crippen molar-refractivity contribution in [3.63, 3.8) is 0 Å². The lowest BCUT2D eigenvalue weighted by Crippen LogP contribution is -2.26. The summed E-state index contributed by atoms with van der Waals surface area (Å²) in [6.07, 6.45) is 5.45. The highest BCUT2D eigenvalue weighted by Gasteiger charge is 2.02. The highest BCUT2D eigenvalue weighted by molar-refractivity contribution is 9.10. The minimum absolute atomic E-state index is 0.0785. The van der Waals surface area contributed by atoms with E-state index in [4.69, 9.17) is 0 Å². The van der Waals surface area contributed by atoms with Crippen molar-refractivity contribution in [3.05, 3.63) is 58.8 Å². The second-order valence-corrected chi connectivity index (χ2v) is 5.34. The largest absolute Gasteiger partial charge is 0.356 e. The first-order valence-corrected chi connectivity index (χ1v) is 7.15. The molecule has 0 saturated carbocycles. The topological polar surface area (TPSA) is 34.0 Å². The summed E-state index contributed by atoms with van der Waals surface area (Å²) in [5.41, 5.74) is 1.03. The SMILES string of the molecule is O=C(Cc1ccc(Br)cc1)NCCCn1cccc1. The molecule has 0 spiro atoms. The first kappa shape index (κ1) is 13.9. The Hall–Kier alpha value is -1.55. The molecule has 2 aromatic rings. The average molecular weight is 321 g/mol. The van der Waals surface area contributed by atoms with Crippen LogP contribution in [0.3, 0.4) is 0 Å². The van der Waals surface area contributed by atoms with Gasteiger partial charge in [-0.1, -0.05) is 28.1 Å². The van der Waals surface area contributed by atoms with Crippen molar-refractivity contribution < 1.29 is 4.79 Å². The van der Waals surface area contributed by atoms with Gasteiger partial charge in [-0.3, -0.25) is 4.79 Å². The lowest BCUT2D eigenvalue weighted by atomic mass is 10.1. The van der Waals surface area contributed by atoms with Crippen molar-refractivity contribution in [3.8, 4) is 0 Å². The van der Waals surface area contributed by atoms with Gasteiger partial charge in [0.15, 0.2) is 0 Å². The zero-order valence-corrected chi connectivity index (χ0v) is 12.3. The number of benzene rings is 1. The third kappa shape index (κ3) is 4.91. The fourth-order valence-corrected chi connectivity index (χ4v) is 2.12. The van der Waals surface area contributed by atoms with Crippen LogP contribution >= 0.6 is 15.9 Å². The Kier molecular flexibility index (Phi) is 5.21. The van der Waals surface area contributed by atoms with E-state index in [0.29, 0.717) is 13.0 Å². The van der Waals surface area contributed by atoms with Crippen molar-refractivity contribution in [2.24, 2.45) is 0 Å². The second-order valence-electron chi connectivity index (χ2n) is 4.43. The molecule has 0 fully saturated rings. The van der Waals surface area contributed by atoms with Crippen LogP contribution in [0.2, 0.25) is 0 Å². The van der Waals surface area contributed by atoms with Crippen LogP contribution in [0.5, 0.6) is 0 Å². The maximum absolute atomic E-state index is 11.7. The molecule has 4 heteroatoms. The van der Waals surface area contributed by atoms with E-state index in [0.717, 1.165) is 23.0 Å². The molecule has 100 valence electrons. The van der Waals surface area contributed by atoms with Gasteiger partial charge in [-0.15, -0.1) is 0 Å². The van der Waals surface area contributed by atoms with E-state index in [1.54, 1.807) is 0 Å². The van der Waals surface area contributed by atoms with Gasteiger partial charge in [0.05, 0.1) is 6.42 Å². The molecule has 1 aromatic carbocycles. The number of hydrogen-bond acceptors (Lipinski definition) is 1. The maximum Gasteiger partial charge on any atom is 0.224 e. The van der Waals surface area contributed by atoms with Crippen molar-refractivity contribution in [2.45, 2.75) is 19.4 Å². The lowest BCUT2D eigenvalue weighted by molar-refractivity contribution is -0.120. The molecule has 19 heavy (non-hydrogen) atoms. The van der Waals surface area contributed by atoms with E-state index < -0.39 is 0 Å². The summed E-state index contributed by atoms with van der Waals surface area (Å²) in [5.74, 6) is 0.0785. The maximum atomic E-state index is 11.7. The summed E-state index contributed by atoms with van der Waals surface area (Å²) in [7, 11) is 0. The number of carbonyl (C=O) groups is 1. The summed E-state index contributed by atoms with van der Waals surface area (Å²) >= 11 is 3.38. The first-order valence-electron chi connectivity index (χ1n) is 6.36. The van der Waals surface area contributed by atoms with Gasteiger partial charge in [0.2, 0.25) is 5.91 Å². The first-order chi connectivity index (χ1) is 9.24. The molecular weight excluding hydrogens is 304 g/mol. The Balaban J connectivity index is 1.65. The molecule has 0 aliphatic heterocycles. The van der Waals surface area contributed by atoms with Crippen molar-refractivity contribution in [1.82, 2.24) is 9.88 Å². The summed E-state index contributed by atoms with van der Waals surface area (Å²) in [5, 5.41) is 2.94. The fraction of sp³-hybridized carbons (Fsp3) is 0.267. The van der Waals surface area contributed by atoms with E-state index in [-0.39, 0.29) is 5.91 Å². The molecular formula is C15H17BrN2O. The highest BCUT2D eigenvalue weighted by Crippen LogP contribution is 2.10. The Bertz CT molecular complexity index is 505. The number of aryl methyl sites for hydroxylation is 1. The molecule has 1 heterocycles. The summed E-state index contributed by atoms with van der Waals surface area (Å²) in [6, 6.07) is 11.8. The molecule has 0 aliphatic rings. The number of nitrogens with zero attached hydrogens (tertiary/aromatic N) is 1. The number of rotatable bonds is 6. The third-order valence-corrected chi connectivity index (χ3v) is 3.39. The minimum atomic E-state index is 0.0785. The summed E-state index contributed by atoms with van der Waals surface area (Å²) < 4.78 is 3.14. The van der Waals surface area contributed by atoms with Gasteiger partial charge in [-0.05, 0) is 36.2 Å². The fourth-order valence-electron chi connectivity index (χ4n) is 1.86. The van der Waals surface area contributed by atoms with Gasteiger partial charge < -0.3 is 9.88 Å². The quantitative estimate of drug-likeness (QED) is 0.816. The molecule has 1 N–H and O–H groups in total. The van der Waals surface area contributed by atoms with Crippen LogP contribution in [-0.4, -0.2) is 17.0 Å². The third-order valence-electron chi connectivity index (χ3n) is 2.86.